The number of carbonyl (C=O) groups excluding carboxylic acids is 1. The Balaban J connectivity index is 1.90. The van der Waals surface area contributed by atoms with Crippen molar-refractivity contribution in [3.8, 4) is 28.3 Å². The molecule has 0 radical (unpaired) electrons. The summed E-state index contributed by atoms with van der Waals surface area (Å²) in [6.45, 7) is 4.33. The molecule has 0 unspecified atom stereocenters. The number of hydrogen-bond acceptors (Lipinski definition) is 4. The molecule has 5 heteroatoms. The molecule has 0 aliphatic carbocycles. The predicted molar refractivity (Wildman–Crippen MR) is 110 cm³/mol. The Morgan fingerprint density at radius 2 is 1.85 bits per heavy atom. The van der Waals surface area contributed by atoms with Crippen molar-refractivity contribution in [1.82, 2.24) is 9.38 Å². The molecule has 27 heavy (non-hydrogen) atoms. The molecule has 0 atom stereocenters. The first-order valence-corrected chi connectivity index (χ1v) is 9.71. The lowest BCUT2D eigenvalue weighted by molar-refractivity contribution is 0.111. The zero-order valence-corrected chi connectivity index (χ0v) is 16.3. The van der Waals surface area contributed by atoms with Gasteiger partial charge in [-0.25, -0.2) is 4.98 Å². The summed E-state index contributed by atoms with van der Waals surface area (Å²) >= 11 is 1.52. The Kier molecular flexibility index (Phi) is 4.54. The molecule has 136 valence electrons. The maximum absolute atomic E-state index is 12.0. The Bertz CT molecular complexity index is 1110. The van der Waals surface area contributed by atoms with E-state index in [1.54, 1.807) is 7.11 Å². The van der Waals surface area contributed by atoms with Crippen LogP contribution in [0.25, 0.3) is 27.5 Å². The van der Waals surface area contributed by atoms with E-state index >= 15 is 0 Å². The third kappa shape index (κ3) is 2.94. The van der Waals surface area contributed by atoms with Gasteiger partial charge in [0.15, 0.2) is 11.2 Å². The number of rotatable bonds is 5. The molecule has 4 nitrogen and oxygen atoms in total. The van der Waals surface area contributed by atoms with E-state index < -0.39 is 0 Å². The van der Waals surface area contributed by atoms with Crippen LogP contribution < -0.4 is 4.74 Å². The minimum atomic E-state index is 0.465. The van der Waals surface area contributed by atoms with Crippen LogP contribution in [-0.4, -0.2) is 22.8 Å². The average Bonchev–Trinajstić information content (AvgIpc) is 3.27. The van der Waals surface area contributed by atoms with Crippen LogP contribution in [0.4, 0.5) is 0 Å². The third-order valence-corrected chi connectivity index (χ3v) is 5.57. The highest BCUT2D eigenvalue weighted by atomic mass is 32.1. The molecule has 2 aromatic carbocycles. The number of nitrogens with zero attached hydrogens (tertiary/aromatic N) is 2. The topological polar surface area (TPSA) is 43.6 Å². The monoisotopic (exact) mass is 376 g/mol. The lowest BCUT2D eigenvalue weighted by Crippen LogP contribution is -1.96. The fourth-order valence-electron chi connectivity index (χ4n) is 3.27. The normalized spacial score (nSPS) is 11.3. The molecule has 0 spiro atoms. The van der Waals surface area contributed by atoms with Crippen molar-refractivity contribution >= 4 is 22.6 Å². The van der Waals surface area contributed by atoms with Crippen molar-refractivity contribution in [1.29, 1.82) is 0 Å². The lowest BCUT2D eigenvalue weighted by Gasteiger charge is -2.08. The molecule has 2 aromatic heterocycles. The van der Waals surface area contributed by atoms with E-state index in [9.17, 15) is 4.79 Å². The van der Waals surface area contributed by atoms with Gasteiger partial charge in [-0.05, 0) is 23.6 Å². The van der Waals surface area contributed by atoms with Crippen LogP contribution >= 0.6 is 11.3 Å². The zero-order valence-electron chi connectivity index (χ0n) is 15.5. The highest BCUT2D eigenvalue weighted by molar-refractivity contribution is 7.15. The molecule has 4 aromatic rings. The molecule has 4 rings (SSSR count). The molecular weight excluding hydrogens is 356 g/mol. The number of carbonyl (C=O) groups is 1. The largest absolute Gasteiger partial charge is 0.496 e. The quantitative estimate of drug-likeness (QED) is 0.421. The van der Waals surface area contributed by atoms with Crippen LogP contribution in [0.5, 0.6) is 5.75 Å². The number of imidazole rings is 1. The second-order valence-corrected chi connectivity index (χ2v) is 7.52. The molecular formula is C22H20N2O2S. The van der Waals surface area contributed by atoms with Gasteiger partial charge in [-0.3, -0.25) is 9.20 Å². The molecule has 0 fully saturated rings. The summed E-state index contributed by atoms with van der Waals surface area (Å²) in [6.07, 6.45) is 0.886. The summed E-state index contributed by atoms with van der Waals surface area (Å²) in [5.41, 5.74) is 5.33. The number of methoxy groups -OCH3 is 1. The molecule has 0 aliphatic heterocycles. The van der Waals surface area contributed by atoms with Crippen molar-refractivity contribution in [2.75, 3.05) is 7.11 Å². The fourth-order valence-corrected chi connectivity index (χ4v) is 4.17. The van der Waals surface area contributed by atoms with Gasteiger partial charge in [-0.15, -0.1) is 11.3 Å². The van der Waals surface area contributed by atoms with E-state index in [2.05, 4.69) is 26.0 Å². The zero-order chi connectivity index (χ0) is 19.0. The number of aldehydes is 1. The number of aromatic nitrogens is 2. The van der Waals surface area contributed by atoms with E-state index in [4.69, 9.17) is 9.72 Å². The maximum Gasteiger partial charge on any atom is 0.195 e. The van der Waals surface area contributed by atoms with E-state index in [1.807, 2.05) is 46.2 Å². The number of para-hydroxylation sites is 1. The summed E-state index contributed by atoms with van der Waals surface area (Å²) in [4.78, 5) is 17.5. The van der Waals surface area contributed by atoms with Gasteiger partial charge in [0.1, 0.15) is 17.1 Å². The van der Waals surface area contributed by atoms with Crippen molar-refractivity contribution in [3.63, 3.8) is 0 Å². The van der Waals surface area contributed by atoms with Crippen LogP contribution in [0, 0.1) is 0 Å². The van der Waals surface area contributed by atoms with Crippen LogP contribution in [0.1, 0.15) is 35.8 Å². The molecule has 0 N–H and O–H groups in total. The van der Waals surface area contributed by atoms with Crippen molar-refractivity contribution in [2.24, 2.45) is 0 Å². The lowest BCUT2D eigenvalue weighted by atomic mass is 10.0. The van der Waals surface area contributed by atoms with Gasteiger partial charge in [0.2, 0.25) is 0 Å². The van der Waals surface area contributed by atoms with Crippen molar-refractivity contribution < 1.29 is 9.53 Å². The standard InChI is InChI=1S/C22H20N2O2S/c1-14(2)15-8-10-16(11-9-15)21-18(12-25)24-19(13-27-22(24)23-21)17-6-4-5-7-20(17)26-3/h4-14H,1-3H3. The van der Waals surface area contributed by atoms with Gasteiger partial charge in [0.25, 0.3) is 0 Å². The average molecular weight is 376 g/mol. The van der Waals surface area contributed by atoms with Gasteiger partial charge in [-0.2, -0.15) is 0 Å². The van der Waals surface area contributed by atoms with Crippen LogP contribution in [-0.2, 0) is 0 Å². The van der Waals surface area contributed by atoms with E-state index in [0.29, 0.717) is 17.3 Å². The summed E-state index contributed by atoms with van der Waals surface area (Å²) in [6, 6.07) is 16.1. The van der Waals surface area contributed by atoms with Crippen molar-refractivity contribution in [3.05, 3.63) is 65.2 Å². The first-order valence-electron chi connectivity index (χ1n) is 8.83. The number of fused-ring (bicyclic) bond motifs is 1. The van der Waals surface area contributed by atoms with E-state index in [0.717, 1.165) is 33.8 Å². The van der Waals surface area contributed by atoms with Crippen LogP contribution in [0.2, 0.25) is 0 Å². The minimum Gasteiger partial charge on any atom is -0.496 e. The van der Waals surface area contributed by atoms with Gasteiger partial charge >= 0.3 is 0 Å². The number of ether oxygens (including phenoxy) is 1. The number of thiazole rings is 1. The summed E-state index contributed by atoms with van der Waals surface area (Å²) in [5.74, 6) is 1.23. The molecule has 0 bridgehead atoms. The van der Waals surface area contributed by atoms with Gasteiger partial charge in [0.05, 0.1) is 12.8 Å². The predicted octanol–water partition coefficient (Wildman–Crippen LogP) is 5.67. The maximum atomic E-state index is 12.0. The highest BCUT2D eigenvalue weighted by Gasteiger charge is 2.20. The summed E-state index contributed by atoms with van der Waals surface area (Å²) in [7, 11) is 1.65. The Morgan fingerprint density at radius 3 is 2.52 bits per heavy atom. The second-order valence-electron chi connectivity index (χ2n) is 6.68. The Hall–Kier alpha value is -2.92. The van der Waals surface area contributed by atoms with Crippen LogP contribution in [0.3, 0.4) is 0 Å². The van der Waals surface area contributed by atoms with Gasteiger partial charge < -0.3 is 4.74 Å². The summed E-state index contributed by atoms with van der Waals surface area (Å²) < 4.78 is 7.42. The molecule has 0 saturated carbocycles. The second kappa shape index (κ2) is 7.00. The molecule has 0 saturated heterocycles. The molecule has 0 aliphatic rings. The van der Waals surface area contributed by atoms with Crippen molar-refractivity contribution in [2.45, 2.75) is 19.8 Å². The Labute approximate surface area is 162 Å². The first kappa shape index (κ1) is 17.5. The van der Waals surface area contributed by atoms with E-state index in [-0.39, 0.29) is 0 Å². The third-order valence-electron chi connectivity index (χ3n) is 4.74. The Morgan fingerprint density at radius 1 is 1.11 bits per heavy atom. The molecule has 2 heterocycles. The summed E-state index contributed by atoms with van der Waals surface area (Å²) in [5, 5.41) is 2.01. The van der Waals surface area contributed by atoms with Gasteiger partial charge in [0, 0.05) is 16.5 Å². The van der Waals surface area contributed by atoms with E-state index in [1.165, 1.54) is 16.9 Å². The van der Waals surface area contributed by atoms with Gasteiger partial charge in [-0.1, -0.05) is 50.2 Å². The smallest absolute Gasteiger partial charge is 0.195 e. The molecule has 0 amide bonds. The SMILES string of the molecule is COc1ccccc1-c1csc2nc(-c3ccc(C(C)C)cc3)c(C=O)n12. The van der Waals surface area contributed by atoms with Crippen LogP contribution in [0.15, 0.2) is 53.9 Å². The number of benzene rings is 2. The highest BCUT2D eigenvalue weighted by Crippen LogP contribution is 2.36. The minimum absolute atomic E-state index is 0.465. The first-order chi connectivity index (χ1) is 13.1. The number of hydrogen-bond donors (Lipinski definition) is 0. The fraction of sp³-hybridized carbons (Fsp3) is 0.182.